The van der Waals surface area contributed by atoms with Crippen molar-refractivity contribution in [1.29, 1.82) is 0 Å². The molecule has 7 rings (SSSR count). The zero-order valence-electron chi connectivity index (χ0n) is 37.1. The quantitative estimate of drug-likeness (QED) is 0.0732. The number of hydrogen-bond acceptors (Lipinski definition) is 6. The van der Waals surface area contributed by atoms with Gasteiger partial charge >= 0.3 is 12.2 Å². The Labute approximate surface area is 365 Å². The van der Waals surface area contributed by atoms with E-state index in [2.05, 4.69) is 86.4 Å². The molecule has 5 heterocycles. The molecule has 322 valence electrons. The summed E-state index contributed by atoms with van der Waals surface area (Å²) in [6.45, 7) is 14.7. The predicted molar refractivity (Wildman–Crippen MR) is 251 cm³/mol. The van der Waals surface area contributed by atoms with Crippen molar-refractivity contribution in [1.82, 2.24) is 30.6 Å². The second-order valence-electron chi connectivity index (χ2n) is 16.3. The fourth-order valence-electron chi connectivity index (χ4n) is 8.54. The maximum atomic E-state index is 12.5. The fourth-order valence-corrected chi connectivity index (χ4v) is 8.54. The van der Waals surface area contributed by atoms with Crippen molar-refractivity contribution in [3.8, 4) is 0 Å². The third-order valence-electron chi connectivity index (χ3n) is 12.2. The van der Waals surface area contributed by atoms with E-state index in [1.807, 2.05) is 60.7 Å². The summed E-state index contributed by atoms with van der Waals surface area (Å²) in [6.07, 6.45) is 5.89. The first-order valence-electron chi connectivity index (χ1n) is 22.2. The standard InChI is InChI=1S/C52H60N6O4/c1-7-39-33(3)43-27-44-35(5)41(23-15-17-25-53-51(59)61-31-37-19-11-9-12-20-37)49(57-44)30-50-42(24-16-18-26-54-52(60)62-32-38-21-13-10-14-22-38)36(6)46(58-50)29-48-40(8-2)34(4)45(56-48)28-47(39)55-43/h9-14,19-22,27-30,55-56H,7-8,15-18,23-26,31-32H2,1-6H3,(H,53,59)(H,54,60). The number of H-pyrrole nitrogens is 2. The number of fused-ring (bicyclic) bond motifs is 8. The highest BCUT2D eigenvalue weighted by molar-refractivity contribution is 5.95. The van der Waals surface area contributed by atoms with Crippen LogP contribution < -0.4 is 10.6 Å². The zero-order valence-corrected chi connectivity index (χ0v) is 37.1. The second kappa shape index (κ2) is 20.4. The van der Waals surface area contributed by atoms with Crippen LogP contribution >= 0.6 is 0 Å². The molecule has 0 unspecified atom stereocenters. The first-order chi connectivity index (χ1) is 30.1. The number of carbonyl (C=O) groups excluding carboxylic acids is 2. The van der Waals surface area contributed by atoms with Gasteiger partial charge in [0.1, 0.15) is 13.2 Å². The van der Waals surface area contributed by atoms with Crippen molar-refractivity contribution < 1.29 is 19.1 Å². The van der Waals surface area contributed by atoms with E-state index in [-0.39, 0.29) is 13.2 Å². The number of nitrogens with one attached hydrogen (secondary N) is 4. The van der Waals surface area contributed by atoms with Crippen molar-refractivity contribution >= 4 is 56.5 Å². The number of aromatic amines is 2. The summed E-state index contributed by atoms with van der Waals surface area (Å²) >= 11 is 0. The number of amides is 2. The van der Waals surface area contributed by atoms with Crippen LogP contribution in [0.15, 0.2) is 84.9 Å². The molecule has 2 aliphatic heterocycles. The minimum absolute atomic E-state index is 0.242. The molecule has 10 heteroatoms. The van der Waals surface area contributed by atoms with E-state index in [0.29, 0.717) is 13.1 Å². The Balaban J connectivity index is 1.17. The van der Waals surface area contributed by atoms with Crippen LogP contribution in [0.1, 0.15) is 122 Å². The van der Waals surface area contributed by atoms with Gasteiger partial charge in [0.2, 0.25) is 0 Å². The SMILES string of the molecule is CCc1c(C)c2cc3[nH]c(cc4nc(cc5nc(cc1[nH]2)C(C)=C5CCCCNC(=O)OCc1ccccc1)C(CCCCNC(=O)OCc1ccccc1)=C4C)c(C)c3CC. The highest BCUT2D eigenvalue weighted by Crippen LogP contribution is 2.38. The maximum Gasteiger partial charge on any atom is 0.407 e. The van der Waals surface area contributed by atoms with Crippen molar-refractivity contribution in [2.24, 2.45) is 0 Å². The van der Waals surface area contributed by atoms with Crippen LogP contribution in [-0.2, 0) is 35.5 Å². The number of benzene rings is 2. The molecule has 4 N–H and O–H groups in total. The Morgan fingerprint density at radius 2 is 0.952 bits per heavy atom. The van der Waals surface area contributed by atoms with E-state index >= 15 is 0 Å². The largest absolute Gasteiger partial charge is 0.445 e. The minimum Gasteiger partial charge on any atom is -0.445 e. The molecule has 3 aromatic heterocycles. The van der Waals surface area contributed by atoms with E-state index in [4.69, 9.17) is 19.4 Å². The molecule has 8 bridgehead atoms. The van der Waals surface area contributed by atoms with Crippen molar-refractivity contribution in [3.63, 3.8) is 0 Å². The molecule has 0 fully saturated rings. The monoisotopic (exact) mass is 832 g/mol. The van der Waals surface area contributed by atoms with Gasteiger partial charge in [-0.2, -0.15) is 0 Å². The molecular weight excluding hydrogens is 773 g/mol. The lowest BCUT2D eigenvalue weighted by Gasteiger charge is -2.09. The van der Waals surface area contributed by atoms with Crippen LogP contribution in [-0.4, -0.2) is 45.2 Å². The van der Waals surface area contributed by atoms with Crippen molar-refractivity contribution in [2.75, 3.05) is 13.1 Å². The van der Waals surface area contributed by atoms with Crippen LogP contribution in [0.4, 0.5) is 9.59 Å². The minimum atomic E-state index is -0.410. The molecule has 62 heavy (non-hydrogen) atoms. The van der Waals surface area contributed by atoms with E-state index < -0.39 is 12.2 Å². The Hall–Kier alpha value is -6.42. The third-order valence-corrected chi connectivity index (χ3v) is 12.2. The molecule has 2 aliphatic rings. The first-order valence-corrected chi connectivity index (χ1v) is 22.2. The van der Waals surface area contributed by atoms with Crippen LogP contribution in [0.2, 0.25) is 0 Å². The number of unbranched alkanes of at least 4 members (excludes halogenated alkanes) is 2. The molecule has 0 atom stereocenters. The summed E-state index contributed by atoms with van der Waals surface area (Å²) in [7, 11) is 0. The Kier molecular flexibility index (Phi) is 14.4. The van der Waals surface area contributed by atoms with Crippen molar-refractivity contribution in [3.05, 3.63) is 141 Å². The van der Waals surface area contributed by atoms with Crippen molar-refractivity contribution in [2.45, 2.75) is 106 Å². The highest BCUT2D eigenvalue weighted by atomic mass is 16.6. The second-order valence-corrected chi connectivity index (χ2v) is 16.3. The number of aromatic nitrogens is 4. The zero-order chi connectivity index (χ0) is 43.6. The van der Waals surface area contributed by atoms with Gasteiger partial charge in [-0.25, -0.2) is 19.6 Å². The van der Waals surface area contributed by atoms with Gasteiger partial charge < -0.3 is 30.1 Å². The van der Waals surface area contributed by atoms with Crippen LogP contribution in [0.3, 0.4) is 0 Å². The van der Waals surface area contributed by atoms with E-state index in [0.717, 1.165) is 118 Å². The van der Waals surface area contributed by atoms with Gasteiger partial charge in [0, 0.05) is 35.2 Å². The van der Waals surface area contributed by atoms with Gasteiger partial charge in [0.05, 0.1) is 22.8 Å². The van der Waals surface area contributed by atoms with Crippen LogP contribution in [0, 0.1) is 13.8 Å². The van der Waals surface area contributed by atoms with E-state index in [1.54, 1.807) is 0 Å². The van der Waals surface area contributed by atoms with Gasteiger partial charge in [-0.3, -0.25) is 0 Å². The molecule has 0 saturated heterocycles. The number of alkyl carbamates (subject to hydrolysis) is 2. The lowest BCUT2D eigenvalue weighted by molar-refractivity contribution is 0.138. The van der Waals surface area contributed by atoms with Crippen LogP contribution in [0.5, 0.6) is 0 Å². The number of rotatable bonds is 16. The Morgan fingerprint density at radius 3 is 1.40 bits per heavy atom. The molecular formula is C52H60N6O4. The molecule has 5 aromatic rings. The number of ether oxygens (including phenoxy) is 2. The predicted octanol–water partition coefficient (Wildman–Crippen LogP) is 12.1. The van der Waals surface area contributed by atoms with E-state index in [1.165, 1.54) is 33.4 Å². The Bertz CT molecular complexity index is 2640. The number of hydrogen-bond donors (Lipinski definition) is 4. The van der Waals surface area contributed by atoms with Gasteiger partial charge in [-0.1, -0.05) is 74.5 Å². The fraction of sp³-hybridized carbons (Fsp3) is 0.346. The summed E-state index contributed by atoms with van der Waals surface area (Å²) in [4.78, 5) is 43.1. The summed E-state index contributed by atoms with van der Waals surface area (Å²) in [5.74, 6) is 0. The molecule has 2 aromatic carbocycles. The average molecular weight is 833 g/mol. The smallest absolute Gasteiger partial charge is 0.407 e. The lowest BCUT2D eigenvalue weighted by atomic mass is 9.97. The number of nitrogens with zero attached hydrogens (tertiary/aromatic N) is 2. The summed E-state index contributed by atoms with van der Waals surface area (Å²) < 4.78 is 10.9. The first kappa shape index (κ1) is 43.7. The van der Waals surface area contributed by atoms with Gasteiger partial charge in [-0.05, 0) is 159 Å². The van der Waals surface area contributed by atoms with Crippen LogP contribution in [0.25, 0.3) is 44.4 Å². The molecule has 0 spiro atoms. The van der Waals surface area contributed by atoms with Gasteiger partial charge in [-0.15, -0.1) is 0 Å². The molecule has 10 nitrogen and oxygen atoms in total. The molecule has 0 aliphatic carbocycles. The highest BCUT2D eigenvalue weighted by Gasteiger charge is 2.22. The summed E-state index contributed by atoms with van der Waals surface area (Å²) in [5, 5.41) is 5.84. The number of aryl methyl sites for hydroxylation is 4. The normalized spacial score (nSPS) is 12.5. The number of carbonyl (C=O) groups is 2. The average Bonchev–Trinajstić information content (AvgIpc) is 3.94. The molecule has 2 amide bonds. The number of allylic oxidation sites excluding steroid dienone is 4. The Morgan fingerprint density at radius 1 is 0.532 bits per heavy atom. The summed E-state index contributed by atoms with van der Waals surface area (Å²) in [6, 6.07) is 28.2. The van der Waals surface area contributed by atoms with Gasteiger partial charge in [0.25, 0.3) is 0 Å². The van der Waals surface area contributed by atoms with Gasteiger partial charge in [0.15, 0.2) is 0 Å². The maximum absolute atomic E-state index is 12.5. The third kappa shape index (κ3) is 10.4. The van der Waals surface area contributed by atoms with E-state index in [9.17, 15) is 9.59 Å². The summed E-state index contributed by atoms with van der Waals surface area (Å²) in [5.41, 5.74) is 19.7. The molecule has 0 radical (unpaired) electrons. The lowest BCUT2D eigenvalue weighted by Crippen LogP contribution is -2.25. The topological polar surface area (TPSA) is 134 Å². The molecule has 0 saturated carbocycles.